The number of aryl methyl sites for hydroxylation is 2. The minimum atomic E-state index is 0.0406. The van der Waals surface area contributed by atoms with E-state index in [2.05, 4.69) is 18.0 Å². The van der Waals surface area contributed by atoms with E-state index in [4.69, 9.17) is 0 Å². The first-order valence-corrected chi connectivity index (χ1v) is 6.34. The lowest BCUT2D eigenvalue weighted by atomic mass is 10.1. The van der Waals surface area contributed by atoms with Gasteiger partial charge in [0.2, 0.25) is 5.91 Å². The minimum absolute atomic E-state index is 0.0406. The molecular formula is C13H17NOS. The fraction of sp³-hybridized carbons (Fsp3) is 0.308. The number of carbonyl (C=O) groups is 1. The molecule has 1 N–H and O–H groups in total. The summed E-state index contributed by atoms with van der Waals surface area (Å²) in [7, 11) is 0. The van der Waals surface area contributed by atoms with Gasteiger partial charge in [-0.3, -0.25) is 4.79 Å². The molecule has 0 atom stereocenters. The van der Waals surface area contributed by atoms with E-state index in [0.717, 1.165) is 17.0 Å². The summed E-state index contributed by atoms with van der Waals surface area (Å²) in [6, 6.07) is 6.01. The molecule has 86 valence electrons. The number of hydrogen-bond acceptors (Lipinski definition) is 2. The molecule has 2 nitrogen and oxygen atoms in total. The van der Waals surface area contributed by atoms with Gasteiger partial charge in [0.1, 0.15) is 0 Å². The molecule has 0 aromatic heterocycles. The van der Waals surface area contributed by atoms with Gasteiger partial charge >= 0.3 is 0 Å². The summed E-state index contributed by atoms with van der Waals surface area (Å²) >= 11 is 1.56. The van der Waals surface area contributed by atoms with E-state index in [0.29, 0.717) is 5.75 Å². The number of anilines is 1. The molecule has 0 unspecified atom stereocenters. The van der Waals surface area contributed by atoms with E-state index in [1.54, 1.807) is 17.8 Å². The second kappa shape index (κ2) is 6.38. The monoisotopic (exact) mass is 235 g/mol. The van der Waals surface area contributed by atoms with Crippen LogP contribution in [0.15, 0.2) is 30.9 Å². The number of carbonyl (C=O) groups excluding carboxylic acids is 1. The van der Waals surface area contributed by atoms with Gasteiger partial charge in [0.05, 0.1) is 5.75 Å². The molecule has 0 saturated carbocycles. The van der Waals surface area contributed by atoms with Crippen LogP contribution in [0.25, 0.3) is 0 Å². The summed E-state index contributed by atoms with van der Waals surface area (Å²) in [6.07, 6.45) is 1.80. The first-order chi connectivity index (χ1) is 7.63. The van der Waals surface area contributed by atoms with Crippen molar-refractivity contribution < 1.29 is 4.79 Å². The zero-order chi connectivity index (χ0) is 12.0. The second-order valence-electron chi connectivity index (χ2n) is 3.67. The van der Waals surface area contributed by atoms with E-state index in [9.17, 15) is 4.79 Å². The predicted octanol–water partition coefficient (Wildman–Crippen LogP) is 3.16. The fourth-order valence-electron chi connectivity index (χ4n) is 1.38. The Bertz CT molecular complexity index is 388. The summed E-state index contributed by atoms with van der Waals surface area (Å²) in [4.78, 5) is 11.6. The highest BCUT2D eigenvalue weighted by Gasteiger charge is 2.04. The minimum Gasteiger partial charge on any atom is -0.325 e. The van der Waals surface area contributed by atoms with Crippen molar-refractivity contribution in [2.45, 2.75) is 13.8 Å². The molecule has 0 aliphatic rings. The first-order valence-electron chi connectivity index (χ1n) is 5.19. The van der Waals surface area contributed by atoms with E-state index >= 15 is 0 Å². The lowest BCUT2D eigenvalue weighted by molar-refractivity contribution is -0.113. The number of rotatable bonds is 5. The third kappa shape index (κ3) is 4.11. The molecule has 1 rings (SSSR count). The van der Waals surface area contributed by atoms with Crippen molar-refractivity contribution >= 4 is 23.4 Å². The van der Waals surface area contributed by atoms with Crippen LogP contribution < -0.4 is 5.32 Å². The molecule has 0 aliphatic carbocycles. The maximum atomic E-state index is 11.6. The van der Waals surface area contributed by atoms with Crippen molar-refractivity contribution in [3.8, 4) is 0 Å². The van der Waals surface area contributed by atoms with Crippen LogP contribution in [0.2, 0.25) is 0 Å². The van der Waals surface area contributed by atoms with Gasteiger partial charge in [0, 0.05) is 11.4 Å². The maximum absolute atomic E-state index is 11.6. The topological polar surface area (TPSA) is 29.1 Å². The molecular weight excluding hydrogens is 218 g/mol. The molecule has 1 amide bonds. The molecule has 0 heterocycles. The Labute approximate surface area is 101 Å². The highest BCUT2D eigenvalue weighted by molar-refractivity contribution is 8.00. The molecule has 0 fully saturated rings. The largest absolute Gasteiger partial charge is 0.325 e. The Kier molecular flexibility index (Phi) is 5.12. The van der Waals surface area contributed by atoms with E-state index < -0.39 is 0 Å². The SMILES string of the molecule is C=CCSCC(=O)Nc1ccc(C)cc1C. The predicted molar refractivity (Wildman–Crippen MR) is 72.1 cm³/mol. The lowest BCUT2D eigenvalue weighted by Gasteiger charge is -2.08. The van der Waals surface area contributed by atoms with Gasteiger partial charge in [-0.05, 0) is 25.5 Å². The van der Waals surface area contributed by atoms with E-state index in [1.807, 2.05) is 26.0 Å². The highest BCUT2D eigenvalue weighted by atomic mass is 32.2. The Morgan fingerprint density at radius 2 is 2.25 bits per heavy atom. The van der Waals surface area contributed by atoms with Gasteiger partial charge in [-0.1, -0.05) is 23.8 Å². The zero-order valence-corrected chi connectivity index (χ0v) is 10.6. The molecule has 0 aliphatic heterocycles. The Morgan fingerprint density at radius 3 is 2.88 bits per heavy atom. The molecule has 16 heavy (non-hydrogen) atoms. The quantitative estimate of drug-likeness (QED) is 0.627. The van der Waals surface area contributed by atoms with Gasteiger partial charge in [0.15, 0.2) is 0 Å². The fourth-order valence-corrected chi connectivity index (χ4v) is 1.92. The normalized spacial score (nSPS) is 9.88. The summed E-state index contributed by atoms with van der Waals surface area (Å²) in [5.41, 5.74) is 3.20. The Hall–Kier alpha value is -1.22. The number of benzene rings is 1. The zero-order valence-electron chi connectivity index (χ0n) is 9.75. The van der Waals surface area contributed by atoms with Crippen LogP contribution in [-0.4, -0.2) is 17.4 Å². The van der Waals surface area contributed by atoms with Gasteiger partial charge in [0.25, 0.3) is 0 Å². The molecule has 0 saturated heterocycles. The van der Waals surface area contributed by atoms with Crippen molar-refractivity contribution in [2.24, 2.45) is 0 Å². The average Bonchev–Trinajstić information content (AvgIpc) is 2.23. The number of amides is 1. The van der Waals surface area contributed by atoms with Crippen molar-refractivity contribution in [2.75, 3.05) is 16.8 Å². The smallest absolute Gasteiger partial charge is 0.234 e. The maximum Gasteiger partial charge on any atom is 0.234 e. The van der Waals surface area contributed by atoms with Gasteiger partial charge in [-0.2, -0.15) is 0 Å². The van der Waals surface area contributed by atoms with Crippen LogP contribution >= 0.6 is 11.8 Å². The number of thioether (sulfide) groups is 1. The third-order valence-electron chi connectivity index (χ3n) is 2.12. The second-order valence-corrected chi connectivity index (χ2v) is 4.70. The van der Waals surface area contributed by atoms with Crippen LogP contribution in [0.3, 0.4) is 0 Å². The average molecular weight is 235 g/mol. The summed E-state index contributed by atoms with van der Waals surface area (Å²) in [5, 5.41) is 2.90. The van der Waals surface area contributed by atoms with Crippen LogP contribution in [0.5, 0.6) is 0 Å². The van der Waals surface area contributed by atoms with E-state index in [1.165, 1.54) is 5.56 Å². The molecule has 1 aromatic rings. The summed E-state index contributed by atoms with van der Waals surface area (Å²) < 4.78 is 0. The Balaban J connectivity index is 2.52. The van der Waals surface area contributed by atoms with Gasteiger partial charge in [-0.25, -0.2) is 0 Å². The van der Waals surface area contributed by atoms with Crippen LogP contribution in [0, 0.1) is 13.8 Å². The molecule has 3 heteroatoms. The molecule has 0 bridgehead atoms. The van der Waals surface area contributed by atoms with Crippen LogP contribution in [0.1, 0.15) is 11.1 Å². The van der Waals surface area contributed by atoms with Crippen molar-refractivity contribution in [1.29, 1.82) is 0 Å². The van der Waals surface area contributed by atoms with Crippen molar-refractivity contribution in [3.05, 3.63) is 42.0 Å². The molecule has 0 spiro atoms. The Morgan fingerprint density at radius 1 is 1.50 bits per heavy atom. The van der Waals surface area contributed by atoms with Gasteiger partial charge < -0.3 is 5.32 Å². The van der Waals surface area contributed by atoms with E-state index in [-0.39, 0.29) is 5.91 Å². The van der Waals surface area contributed by atoms with Gasteiger partial charge in [-0.15, -0.1) is 18.3 Å². The molecule has 0 radical (unpaired) electrons. The first kappa shape index (κ1) is 12.8. The summed E-state index contributed by atoms with van der Waals surface area (Å²) in [5.74, 6) is 1.32. The third-order valence-corrected chi connectivity index (χ3v) is 3.06. The van der Waals surface area contributed by atoms with Crippen LogP contribution in [0.4, 0.5) is 5.69 Å². The van der Waals surface area contributed by atoms with Crippen molar-refractivity contribution in [1.82, 2.24) is 0 Å². The van der Waals surface area contributed by atoms with Crippen molar-refractivity contribution in [3.63, 3.8) is 0 Å². The highest BCUT2D eigenvalue weighted by Crippen LogP contribution is 2.16. The standard InChI is InChI=1S/C13H17NOS/c1-4-7-16-9-13(15)14-12-6-5-10(2)8-11(12)3/h4-6,8H,1,7,9H2,2-3H3,(H,14,15). The molecule has 1 aromatic carbocycles. The lowest BCUT2D eigenvalue weighted by Crippen LogP contribution is -2.15. The van der Waals surface area contributed by atoms with Crippen LogP contribution in [-0.2, 0) is 4.79 Å². The number of hydrogen-bond donors (Lipinski definition) is 1. The summed E-state index contributed by atoms with van der Waals surface area (Å²) in [6.45, 7) is 7.65. The number of nitrogens with one attached hydrogen (secondary N) is 1.